The van der Waals surface area contributed by atoms with Crippen LogP contribution >= 0.6 is 15.9 Å². The largest absolute Gasteiger partial charge is 0.417 e. The van der Waals surface area contributed by atoms with E-state index in [2.05, 4.69) is 31.2 Å². The molecule has 0 radical (unpaired) electrons. The Bertz CT molecular complexity index is 629. The minimum atomic E-state index is -4.60. The lowest BCUT2D eigenvalue weighted by Crippen LogP contribution is -2.19. The first-order valence-electron chi connectivity index (χ1n) is 5.33. The number of carbonyl (C=O) groups is 1. The summed E-state index contributed by atoms with van der Waals surface area (Å²) in [5.74, 6) is -0.829. The Hall–Kier alpha value is -1.96. The van der Waals surface area contributed by atoms with E-state index < -0.39 is 23.2 Å². The van der Waals surface area contributed by atoms with Crippen molar-refractivity contribution in [1.82, 2.24) is 9.97 Å². The van der Waals surface area contributed by atoms with Crippen LogP contribution in [0.25, 0.3) is 0 Å². The molecule has 0 bridgehead atoms. The van der Waals surface area contributed by atoms with Crippen LogP contribution in [0.5, 0.6) is 0 Å². The van der Waals surface area contributed by atoms with E-state index in [1.165, 1.54) is 24.5 Å². The predicted octanol–water partition coefficient (Wildman–Crippen LogP) is 3.51. The van der Waals surface area contributed by atoms with Gasteiger partial charge in [0.1, 0.15) is 4.60 Å². The topological polar surface area (TPSA) is 54.9 Å². The summed E-state index contributed by atoms with van der Waals surface area (Å²) in [6.07, 6.45) is -2.04. The third-order valence-electron chi connectivity index (χ3n) is 2.34. The van der Waals surface area contributed by atoms with Crippen molar-refractivity contribution < 1.29 is 18.0 Å². The van der Waals surface area contributed by atoms with Crippen molar-refractivity contribution in [1.29, 1.82) is 0 Å². The summed E-state index contributed by atoms with van der Waals surface area (Å²) in [5, 5.41) is 2.26. The zero-order valence-corrected chi connectivity index (χ0v) is 11.4. The van der Waals surface area contributed by atoms with Crippen LogP contribution in [0, 0.1) is 0 Å². The van der Waals surface area contributed by atoms with Crippen molar-refractivity contribution in [3.05, 3.63) is 52.4 Å². The Morgan fingerprint density at radius 3 is 2.45 bits per heavy atom. The lowest BCUT2D eigenvalue weighted by Gasteiger charge is -2.12. The number of rotatable bonds is 2. The number of anilines is 1. The van der Waals surface area contributed by atoms with Gasteiger partial charge in [0.05, 0.1) is 23.5 Å². The summed E-state index contributed by atoms with van der Waals surface area (Å²) in [4.78, 5) is 19.5. The summed E-state index contributed by atoms with van der Waals surface area (Å²) in [6.45, 7) is 0. The van der Waals surface area contributed by atoms with Crippen LogP contribution in [-0.4, -0.2) is 15.9 Å². The second-order valence-electron chi connectivity index (χ2n) is 3.72. The molecule has 104 valence electrons. The number of alkyl halides is 3. The van der Waals surface area contributed by atoms with Crippen LogP contribution in [0.1, 0.15) is 15.9 Å². The first-order valence-corrected chi connectivity index (χ1v) is 6.12. The van der Waals surface area contributed by atoms with E-state index in [9.17, 15) is 18.0 Å². The molecule has 2 rings (SSSR count). The van der Waals surface area contributed by atoms with Crippen LogP contribution in [0.4, 0.5) is 19.0 Å². The first kappa shape index (κ1) is 14.4. The molecule has 0 aliphatic carbocycles. The molecule has 2 aromatic rings. The standard InChI is InChI=1S/C12H7BrF3N3O/c13-9-5-18-10(6-17-9)19-11(20)7-3-1-2-4-8(7)12(14,15)16/h1-6H,(H,18,19,20). The zero-order chi connectivity index (χ0) is 14.8. The molecule has 1 aromatic heterocycles. The van der Waals surface area contributed by atoms with Crippen LogP contribution in [0.15, 0.2) is 41.3 Å². The van der Waals surface area contributed by atoms with E-state index in [4.69, 9.17) is 0 Å². The molecule has 0 aliphatic heterocycles. The second-order valence-corrected chi connectivity index (χ2v) is 4.53. The molecule has 0 aliphatic rings. The van der Waals surface area contributed by atoms with Gasteiger partial charge in [-0.15, -0.1) is 0 Å². The highest BCUT2D eigenvalue weighted by Crippen LogP contribution is 2.32. The van der Waals surface area contributed by atoms with Gasteiger partial charge in [-0.2, -0.15) is 13.2 Å². The maximum atomic E-state index is 12.8. The number of halogens is 4. The van der Waals surface area contributed by atoms with Gasteiger partial charge in [0, 0.05) is 0 Å². The van der Waals surface area contributed by atoms with Gasteiger partial charge in [0.15, 0.2) is 5.82 Å². The molecule has 1 amide bonds. The number of amides is 1. The molecule has 0 atom stereocenters. The Kier molecular flexibility index (Phi) is 4.03. The van der Waals surface area contributed by atoms with Crippen molar-refractivity contribution in [2.75, 3.05) is 5.32 Å². The van der Waals surface area contributed by atoms with Gasteiger partial charge in [0.2, 0.25) is 0 Å². The maximum absolute atomic E-state index is 12.8. The van der Waals surface area contributed by atoms with Gasteiger partial charge < -0.3 is 5.32 Å². The van der Waals surface area contributed by atoms with Crippen LogP contribution in [0.2, 0.25) is 0 Å². The Balaban J connectivity index is 2.28. The van der Waals surface area contributed by atoms with Gasteiger partial charge in [-0.05, 0) is 28.1 Å². The van der Waals surface area contributed by atoms with Gasteiger partial charge in [-0.1, -0.05) is 12.1 Å². The molecule has 0 fully saturated rings. The summed E-state index contributed by atoms with van der Waals surface area (Å²) < 4.78 is 38.8. The highest BCUT2D eigenvalue weighted by molar-refractivity contribution is 9.10. The fourth-order valence-corrected chi connectivity index (χ4v) is 1.69. The van der Waals surface area contributed by atoms with Gasteiger partial charge in [0.25, 0.3) is 5.91 Å². The van der Waals surface area contributed by atoms with Crippen molar-refractivity contribution in [3.63, 3.8) is 0 Å². The number of benzene rings is 1. The van der Waals surface area contributed by atoms with Crippen LogP contribution < -0.4 is 5.32 Å². The Morgan fingerprint density at radius 1 is 1.15 bits per heavy atom. The lowest BCUT2D eigenvalue weighted by atomic mass is 10.1. The normalized spacial score (nSPS) is 11.2. The van der Waals surface area contributed by atoms with Gasteiger partial charge in [-0.25, -0.2) is 9.97 Å². The fraction of sp³-hybridized carbons (Fsp3) is 0.0833. The highest BCUT2D eigenvalue weighted by atomic mass is 79.9. The molecule has 0 saturated carbocycles. The van der Waals surface area contributed by atoms with Crippen LogP contribution in [-0.2, 0) is 6.18 Å². The summed E-state index contributed by atoms with van der Waals surface area (Å²) in [5.41, 5.74) is -1.47. The molecule has 0 saturated heterocycles. The lowest BCUT2D eigenvalue weighted by molar-refractivity contribution is -0.137. The highest BCUT2D eigenvalue weighted by Gasteiger charge is 2.34. The average Bonchev–Trinajstić information content (AvgIpc) is 2.40. The van der Waals surface area contributed by atoms with Crippen LogP contribution in [0.3, 0.4) is 0 Å². The summed E-state index contributed by atoms with van der Waals surface area (Å²) in [6, 6.07) is 4.53. The molecule has 0 unspecified atom stereocenters. The average molecular weight is 346 g/mol. The molecule has 1 aromatic carbocycles. The van der Waals surface area contributed by atoms with E-state index in [0.717, 1.165) is 12.1 Å². The molecule has 4 nitrogen and oxygen atoms in total. The number of nitrogens with zero attached hydrogens (tertiary/aromatic N) is 2. The molecule has 0 spiro atoms. The minimum Gasteiger partial charge on any atom is -0.305 e. The smallest absolute Gasteiger partial charge is 0.305 e. The van der Waals surface area contributed by atoms with E-state index in [1.54, 1.807) is 0 Å². The number of nitrogens with one attached hydrogen (secondary N) is 1. The first-order chi connectivity index (χ1) is 9.38. The fourth-order valence-electron chi connectivity index (χ4n) is 1.49. The van der Waals surface area contributed by atoms with E-state index in [-0.39, 0.29) is 5.82 Å². The molecule has 8 heteroatoms. The summed E-state index contributed by atoms with van der Waals surface area (Å²) >= 11 is 3.06. The molecular formula is C12H7BrF3N3O. The third-order valence-corrected chi connectivity index (χ3v) is 2.75. The molecular weight excluding hydrogens is 339 g/mol. The predicted molar refractivity (Wildman–Crippen MR) is 69.1 cm³/mol. The molecule has 1 N–H and O–H groups in total. The SMILES string of the molecule is O=C(Nc1cnc(Br)cn1)c1ccccc1C(F)(F)F. The number of aromatic nitrogens is 2. The quantitative estimate of drug-likeness (QED) is 0.906. The molecule has 1 heterocycles. The number of carbonyl (C=O) groups excluding carboxylic acids is 1. The van der Waals surface area contributed by atoms with Gasteiger partial charge in [-0.3, -0.25) is 4.79 Å². The number of hydrogen-bond donors (Lipinski definition) is 1. The Labute approximate surface area is 120 Å². The Morgan fingerprint density at radius 2 is 1.85 bits per heavy atom. The van der Waals surface area contributed by atoms with Crippen molar-refractivity contribution in [2.45, 2.75) is 6.18 Å². The van der Waals surface area contributed by atoms with E-state index >= 15 is 0 Å². The third kappa shape index (κ3) is 3.32. The van der Waals surface area contributed by atoms with E-state index in [0.29, 0.717) is 4.60 Å². The van der Waals surface area contributed by atoms with Crippen molar-refractivity contribution in [3.8, 4) is 0 Å². The maximum Gasteiger partial charge on any atom is 0.417 e. The monoisotopic (exact) mass is 345 g/mol. The minimum absolute atomic E-state index is 0.0650. The van der Waals surface area contributed by atoms with Gasteiger partial charge >= 0.3 is 6.18 Å². The zero-order valence-electron chi connectivity index (χ0n) is 9.78. The van der Waals surface area contributed by atoms with Crippen molar-refractivity contribution in [2.24, 2.45) is 0 Å². The van der Waals surface area contributed by atoms with Crippen molar-refractivity contribution >= 4 is 27.7 Å². The molecule has 20 heavy (non-hydrogen) atoms. The number of hydrogen-bond acceptors (Lipinski definition) is 3. The van der Waals surface area contributed by atoms with E-state index in [1.807, 2.05) is 0 Å². The second kappa shape index (κ2) is 5.58. The summed E-state index contributed by atoms with van der Waals surface area (Å²) in [7, 11) is 0.